The van der Waals surface area contributed by atoms with Crippen LogP contribution in [0.4, 0.5) is 0 Å². The third-order valence-corrected chi connectivity index (χ3v) is 4.99. The standard InChI is InChI=1S/C17H25N3/c1-2-14(1)12-19-5-7-20(8-6-19)13-15-3-4-16-10-18-11-17(16)9-15/h3-4,9,14,18H,1-2,5-8,10-13H2. The van der Waals surface area contributed by atoms with Crippen LogP contribution in [0.15, 0.2) is 18.2 Å². The number of piperazine rings is 1. The molecule has 1 saturated heterocycles. The van der Waals surface area contributed by atoms with E-state index in [1.54, 1.807) is 0 Å². The number of hydrogen-bond donors (Lipinski definition) is 1. The summed E-state index contributed by atoms with van der Waals surface area (Å²) >= 11 is 0. The maximum Gasteiger partial charge on any atom is 0.0234 e. The number of nitrogens with zero attached hydrogens (tertiary/aromatic N) is 2. The van der Waals surface area contributed by atoms with E-state index < -0.39 is 0 Å². The van der Waals surface area contributed by atoms with E-state index in [0.29, 0.717) is 0 Å². The van der Waals surface area contributed by atoms with Crippen LogP contribution in [0.5, 0.6) is 0 Å². The molecule has 1 aliphatic carbocycles. The fourth-order valence-electron chi connectivity index (χ4n) is 3.50. The molecule has 4 rings (SSSR count). The number of hydrogen-bond acceptors (Lipinski definition) is 3. The van der Waals surface area contributed by atoms with E-state index in [-0.39, 0.29) is 0 Å². The van der Waals surface area contributed by atoms with Crippen LogP contribution in [0.1, 0.15) is 29.5 Å². The minimum Gasteiger partial charge on any atom is -0.309 e. The van der Waals surface area contributed by atoms with Gasteiger partial charge in [0.15, 0.2) is 0 Å². The minimum absolute atomic E-state index is 1.03. The third kappa shape index (κ3) is 2.90. The Labute approximate surface area is 121 Å². The Morgan fingerprint density at radius 2 is 1.70 bits per heavy atom. The molecule has 3 nitrogen and oxygen atoms in total. The van der Waals surface area contributed by atoms with Gasteiger partial charge in [0.1, 0.15) is 0 Å². The molecule has 2 aliphatic heterocycles. The summed E-state index contributed by atoms with van der Waals surface area (Å²) in [6, 6.07) is 7.04. The first-order chi connectivity index (χ1) is 9.87. The molecule has 3 heteroatoms. The molecule has 1 aromatic carbocycles. The van der Waals surface area contributed by atoms with Gasteiger partial charge in [-0.25, -0.2) is 0 Å². The normalized spacial score (nSPS) is 24.0. The quantitative estimate of drug-likeness (QED) is 0.901. The molecule has 20 heavy (non-hydrogen) atoms. The highest BCUT2D eigenvalue weighted by molar-refractivity contribution is 5.34. The zero-order valence-electron chi connectivity index (χ0n) is 12.3. The lowest BCUT2D eigenvalue weighted by atomic mass is 10.1. The third-order valence-electron chi connectivity index (χ3n) is 4.99. The Bertz CT molecular complexity index is 473. The van der Waals surface area contributed by atoms with Gasteiger partial charge >= 0.3 is 0 Å². The van der Waals surface area contributed by atoms with Gasteiger partial charge in [-0.15, -0.1) is 0 Å². The molecular formula is C17H25N3. The first-order valence-electron chi connectivity index (χ1n) is 8.13. The molecule has 0 bridgehead atoms. The second-order valence-corrected chi connectivity index (χ2v) is 6.73. The van der Waals surface area contributed by atoms with E-state index in [2.05, 4.69) is 33.3 Å². The van der Waals surface area contributed by atoms with Crippen LogP contribution >= 0.6 is 0 Å². The van der Waals surface area contributed by atoms with Crippen molar-refractivity contribution in [3.63, 3.8) is 0 Å². The predicted octanol–water partition coefficient (Wildman–Crippen LogP) is 1.82. The van der Waals surface area contributed by atoms with Crippen molar-refractivity contribution in [2.45, 2.75) is 32.5 Å². The summed E-state index contributed by atoms with van der Waals surface area (Å²) in [6.07, 6.45) is 2.95. The fourth-order valence-corrected chi connectivity index (χ4v) is 3.50. The molecule has 3 aliphatic rings. The lowest BCUT2D eigenvalue weighted by molar-refractivity contribution is 0.123. The van der Waals surface area contributed by atoms with Gasteiger partial charge in [-0.05, 0) is 35.4 Å². The molecule has 108 valence electrons. The molecule has 0 radical (unpaired) electrons. The molecule has 0 amide bonds. The molecule has 0 aromatic heterocycles. The molecule has 1 aromatic rings. The topological polar surface area (TPSA) is 18.5 Å². The summed E-state index contributed by atoms with van der Waals surface area (Å²) in [4.78, 5) is 5.29. The summed E-state index contributed by atoms with van der Waals surface area (Å²) in [5, 5.41) is 3.43. The van der Waals surface area contributed by atoms with Crippen molar-refractivity contribution in [3.8, 4) is 0 Å². The number of fused-ring (bicyclic) bond motifs is 1. The van der Waals surface area contributed by atoms with E-state index in [1.807, 2.05) is 0 Å². The summed E-state index contributed by atoms with van der Waals surface area (Å²) in [5.41, 5.74) is 4.49. The maximum atomic E-state index is 3.43. The molecule has 2 heterocycles. The maximum absolute atomic E-state index is 3.43. The number of nitrogens with one attached hydrogen (secondary N) is 1. The predicted molar refractivity (Wildman–Crippen MR) is 81.4 cm³/mol. The van der Waals surface area contributed by atoms with Crippen molar-refractivity contribution >= 4 is 0 Å². The molecule has 0 unspecified atom stereocenters. The van der Waals surface area contributed by atoms with E-state index in [1.165, 1.54) is 62.3 Å². The van der Waals surface area contributed by atoms with Crippen molar-refractivity contribution in [1.82, 2.24) is 15.1 Å². The average Bonchev–Trinajstić information content (AvgIpc) is 3.15. The van der Waals surface area contributed by atoms with Gasteiger partial charge < -0.3 is 10.2 Å². The van der Waals surface area contributed by atoms with E-state index >= 15 is 0 Å². The van der Waals surface area contributed by atoms with Crippen LogP contribution < -0.4 is 5.32 Å². The fraction of sp³-hybridized carbons (Fsp3) is 0.647. The van der Waals surface area contributed by atoms with Crippen LogP contribution in [-0.4, -0.2) is 42.5 Å². The monoisotopic (exact) mass is 271 g/mol. The van der Waals surface area contributed by atoms with Crippen LogP contribution in [0.25, 0.3) is 0 Å². The second-order valence-electron chi connectivity index (χ2n) is 6.73. The first kappa shape index (κ1) is 12.8. The Hall–Kier alpha value is -0.900. The molecule has 1 saturated carbocycles. The van der Waals surface area contributed by atoms with Crippen LogP contribution in [0.2, 0.25) is 0 Å². The highest BCUT2D eigenvalue weighted by Crippen LogP contribution is 2.30. The first-order valence-corrected chi connectivity index (χ1v) is 8.13. The lowest BCUT2D eigenvalue weighted by Crippen LogP contribution is -2.46. The van der Waals surface area contributed by atoms with Crippen molar-refractivity contribution in [1.29, 1.82) is 0 Å². The minimum atomic E-state index is 1.03. The smallest absolute Gasteiger partial charge is 0.0234 e. The Kier molecular flexibility index (Phi) is 3.51. The van der Waals surface area contributed by atoms with Gasteiger partial charge in [0.2, 0.25) is 0 Å². The zero-order chi connectivity index (χ0) is 13.4. The van der Waals surface area contributed by atoms with Gasteiger partial charge in [-0.1, -0.05) is 18.2 Å². The Morgan fingerprint density at radius 1 is 0.950 bits per heavy atom. The Balaban J connectivity index is 1.31. The van der Waals surface area contributed by atoms with Gasteiger partial charge in [0, 0.05) is 52.4 Å². The van der Waals surface area contributed by atoms with Crippen molar-refractivity contribution < 1.29 is 0 Å². The van der Waals surface area contributed by atoms with E-state index in [4.69, 9.17) is 0 Å². The zero-order valence-corrected chi connectivity index (χ0v) is 12.3. The highest BCUT2D eigenvalue weighted by Gasteiger charge is 2.26. The van der Waals surface area contributed by atoms with Crippen molar-refractivity contribution in [2.24, 2.45) is 5.92 Å². The van der Waals surface area contributed by atoms with Crippen LogP contribution in [-0.2, 0) is 19.6 Å². The van der Waals surface area contributed by atoms with Gasteiger partial charge in [0.25, 0.3) is 0 Å². The summed E-state index contributed by atoms with van der Waals surface area (Å²) in [5.74, 6) is 1.03. The van der Waals surface area contributed by atoms with Crippen LogP contribution in [0.3, 0.4) is 0 Å². The van der Waals surface area contributed by atoms with Gasteiger partial charge in [0.05, 0.1) is 0 Å². The highest BCUT2D eigenvalue weighted by atomic mass is 15.3. The summed E-state index contributed by atoms with van der Waals surface area (Å²) in [7, 11) is 0. The molecule has 1 N–H and O–H groups in total. The van der Waals surface area contributed by atoms with Crippen molar-refractivity contribution in [3.05, 3.63) is 34.9 Å². The lowest BCUT2D eigenvalue weighted by Gasteiger charge is -2.34. The Morgan fingerprint density at radius 3 is 2.50 bits per heavy atom. The molecular weight excluding hydrogens is 246 g/mol. The summed E-state index contributed by atoms with van der Waals surface area (Å²) in [6.45, 7) is 9.60. The number of rotatable bonds is 4. The van der Waals surface area contributed by atoms with Gasteiger partial charge in [-0.2, -0.15) is 0 Å². The molecule has 0 spiro atoms. The van der Waals surface area contributed by atoms with Crippen LogP contribution in [0, 0.1) is 5.92 Å². The second kappa shape index (κ2) is 5.47. The van der Waals surface area contributed by atoms with E-state index in [9.17, 15) is 0 Å². The largest absolute Gasteiger partial charge is 0.309 e. The summed E-state index contributed by atoms with van der Waals surface area (Å²) < 4.78 is 0. The molecule has 2 fully saturated rings. The van der Waals surface area contributed by atoms with Crippen molar-refractivity contribution in [2.75, 3.05) is 32.7 Å². The van der Waals surface area contributed by atoms with Gasteiger partial charge in [-0.3, -0.25) is 4.90 Å². The SMILES string of the molecule is c1cc2c(cc1CN1CCN(CC3CC3)CC1)CNC2. The molecule has 0 atom stereocenters. The number of benzene rings is 1. The average molecular weight is 271 g/mol. The van der Waals surface area contributed by atoms with E-state index in [0.717, 1.165) is 25.6 Å².